The lowest BCUT2D eigenvalue weighted by Gasteiger charge is -2.27. The summed E-state index contributed by atoms with van der Waals surface area (Å²) in [7, 11) is 0. The van der Waals surface area contributed by atoms with Gasteiger partial charge in [-0.3, -0.25) is 4.79 Å². The summed E-state index contributed by atoms with van der Waals surface area (Å²) < 4.78 is 5.21. The Morgan fingerprint density at radius 2 is 1.23 bits per heavy atom. The molecule has 3 aromatic rings. The van der Waals surface area contributed by atoms with E-state index in [4.69, 9.17) is 4.74 Å². The minimum absolute atomic E-state index is 0.151. The maximum atomic E-state index is 11.3. The second kappa shape index (κ2) is 9.62. The molecule has 0 aliphatic carbocycles. The Morgan fingerprint density at radius 3 is 1.70 bits per heavy atom. The smallest absolute Gasteiger partial charge is 0.305 e. The van der Waals surface area contributed by atoms with E-state index in [-0.39, 0.29) is 5.97 Å². The molecule has 3 nitrogen and oxygen atoms in total. The highest BCUT2D eigenvalue weighted by Gasteiger charge is 2.14. The number of carbonyl (C=O) groups excluding carboxylic acids is 1. The Balaban J connectivity index is 1.92. The van der Waals surface area contributed by atoms with Gasteiger partial charge in [0.05, 0.1) is 6.61 Å². The summed E-state index contributed by atoms with van der Waals surface area (Å²) in [5.41, 5.74) is 9.67. The maximum absolute atomic E-state index is 11.3. The fourth-order valence-corrected chi connectivity index (χ4v) is 3.37. The number of hydrogen-bond acceptors (Lipinski definition) is 3. The monoisotopic (exact) mass is 401 g/mol. The van der Waals surface area contributed by atoms with Gasteiger partial charge in [-0.2, -0.15) is 0 Å². The van der Waals surface area contributed by atoms with Gasteiger partial charge in [-0.1, -0.05) is 31.2 Å². The average molecular weight is 402 g/mol. The molecule has 0 saturated heterocycles. The largest absolute Gasteiger partial charge is 0.465 e. The van der Waals surface area contributed by atoms with Crippen molar-refractivity contribution in [1.82, 2.24) is 0 Å². The molecule has 0 unspecified atom stereocenters. The third-order valence-electron chi connectivity index (χ3n) is 5.63. The van der Waals surface area contributed by atoms with Crippen LogP contribution in [0.25, 0.3) is 0 Å². The molecule has 30 heavy (non-hydrogen) atoms. The topological polar surface area (TPSA) is 29.5 Å². The highest BCUT2D eigenvalue weighted by molar-refractivity contribution is 5.77. The molecule has 0 fully saturated rings. The van der Waals surface area contributed by atoms with Crippen molar-refractivity contribution in [2.75, 3.05) is 11.5 Å². The maximum Gasteiger partial charge on any atom is 0.305 e. The van der Waals surface area contributed by atoms with Gasteiger partial charge < -0.3 is 9.64 Å². The van der Waals surface area contributed by atoms with Crippen LogP contribution >= 0.6 is 0 Å². The number of esters is 1. The molecule has 156 valence electrons. The molecule has 0 bridgehead atoms. The summed E-state index contributed by atoms with van der Waals surface area (Å²) in [6.07, 6.45) is 1.14. The normalized spacial score (nSPS) is 10.7. The Morgan fingerprint density at radius 1 is 0.733 bits per heavy atom. The van der Waals surface area contributed by atoms with Gasteiger partial charge in [0.15, 0.2) is 0 Å². The molecule has 0 N–H and O–H groups in total. The van der Waals surface area contributed by atoms with Gasteiger partial charge in [0.1, 0.15) is 0 Å². The summed E-state index contributed by atoms with van der Waals surface area (Å²) in [6, 6.07) is 21.7. The highest BCUT2D eigenvalue weighted by atomic mass is 16.5. The van der Waals surface area contributed by atoms with Crippen LogP contribution in [0.2, 0.25) is 0 Å². The van der Waals surface area contributed by atoms with Crippen molar-refractivity contribution in [1.29, 1.82) is 0 Å². The quantitative estimate of drug-likeness (QED) is 0.404. The van der Waals surface area contributed by atoms with Crippen molar-refractivity contribution < 1.29 is 9.53 Å². The zero-order chi connectivity index (χ0) is 21.7. The number of hydrogen-bond donors (Lipinski definition) is 0. The number of aryl methyl sites for hydroxylation is 4. The number of nitrogens with zero attached hydrogens (tertiary/aromatic N) is 1. The minimum Gasteiger partial charge on any atom is -0.465 e. The number of ether oxygens (including phenoxy) is 1. The van der Waals surface area contributed by atoms with Crippen LogP contribution < -0.4 is 4.90 Å². The lowest BCUT2D eigenvalue weighted by Crippen LogP contribution is -2.11. The van der Waals surface area contributed by atoms with Crippen LogP contribution in [-0.4, -0.2) is 12.6 Å². The SMILES string of the molecule is CCC(=O)OCCc1ccc(N(c2ccc(C)c(C)c2)c2ccc(C)c(C)c2)cc1. The van der Waals surface area contributed by atoms with Crippen molar-refractivity contribution in [3.63, 3.8) is 0 Å². The third kappa shape index (κ3) is 5.10. The summed E-state index contributed by atoms with van der Waals surface area (Å²) in [5.74, 6) is -0.151. The van der Waals surface area contributed by atoms with E-state index in [9.17, 15) is 4.79 Å². The summed E-state index contributed by atoms with van der Waals surface area (Å²) in [4.78, 5) is 13.6. The second-order valence-electron chi connectivity index (χ2n) is 7.86. The van der Waals surface area contributed by atoms with Crippen LogP contribution in [0.4, 0.5) is 17.1 Å². The van der Waals surface area contributed by atoms with Gasteiger partial charge in [0.25, 0.3) is 0 Å². The predicted octanol–water partition coefficient (Wildman–Crippen LogP) is 6.89. The number of benzene rings is 3. The standard InChI is InChI=1S/C27H31NO2/c1-6-27(29)30-16-15-23-9-13-24(14-10-23)28(25-11-7-19(2)21(4)17-25)26-12-8-20(3)22(5)18-26/h7-14,17-18H,6,15-16H2,1-5H3. The van der Waals surface area contributed by atoms with Crippen LogP contribution in [-0.2, 0) is 16.0 Å². The zero-order valence-electron chi connectivity index (χ0n) is 18.7. The molecule has 3 aromatic carbocycles. The molecule has 0 amide bonds. The van der Waals surface area contributed by atoms with E-state index in [1.54, 1.807) is 0 Å². The molecule has 0 aliphatic rings. The molecule has 0 atom stereocenters. The lowest BCUT2D eigenvalue weighted by molar-refractivity contribution is -0.143. The first-order chi connectivity index (χ1) is 14.4. The Bertz CT molecular complexity index is 970. The molecular formula is C27H31NO2. The molecule has 3 rings (SSSR count). The van der Waals surface area contributed by atoms with E-state index in [0.29, 0.717) is 13.0 Å². The van der Waals surface area contributed by atoms with Crippen molar-refractivity contribution in [3.05, 3.63) is 88.5 Å². The average Bonchev–Trinajstić information content (AvgIpc) is 2.74. The Hall–Kier alpha value is -3.07. The predicted molar refractivity (Wildman–Crippen MR) is 125 cm³/mol. The van der Waals surface area contributed by atoms with E-state index >= 15 is 0 Å². The summed E-state index contributed by atoms with van der Waals surface area (Å²) in [6.45, 7) is 10.8. The molecule has 0 aliphatic heterocycles. The van der Waals surface area contributed by atoms with Crippen molar-refractivity contribution >= 4 is 23.0 Å². The summed E-state index contributed by atoms with van der Waals surface area (Å²) >= 11 is 0. The molecule has 0 aromatic heterocycles. The Labute approximate surface area is 180 Å². The van der Waals surface area contributed by atoms with Gasteiger partial charge in [-0.25, -0.2) is 0 Å². The first-order valence-corrected chi connectivity index (χ1v) is 10.6. The van der Waals surface area contributed by atoms with Crippen LogP contribution in [0.3, 0.4) is 0 Å². The van der Waals surface area contributed by atoms with E-state index in [2.05, 4.69) is 93.3 Å². The third-order valence-corrected chi connectivity index (χ3v) is 5.63. The van der Waals surface area contributed by atoms with E-state index in [1.807, 2.05) is 6.92 Å². The van der Waals surface area contributed by atoms with Gasteiger partial charge in [-0.15, -0.1) is 0 Å². The molecule has 0 spiro atoms. The molecule has 3 heteroatoms. The number of rotatable bonds is 7. The minimum atomic E-state index is -0.151. The zero-order valence-corrected chi connectivity index (χ0v) is 18.7. The van der Waals surface area contributed by atoms with E-state index in [0.717, 1.165) is 29.0 Å². The van der Waals surface area contributed by atoms with Gasteiger partial charge in [0, 0.05) is 29.9 Å². The van der Waals surface area contributed by atoms with Gasteiger partial charge in [-0.05, 0) is 91.9 Å². The molecular weight excluding hydrogens is 370 g/mol. The highest BCUT2D eigenvalue weighted by Crippen LogP contribution is 2.36. The lowest BCUT2D eigenvalue weighted by atomic mass is 10.0. The van der Waals surface area contributed by atoms with Crippen molar-refractivity contribution in [2.24, 2.45) is 0 Å². The fourth-order valence-electron chi connectivity index (χ4n) is 3.37. The van der Waals surface area contributed by atoms with E-state index in [1.165, 1.54) is 22.3 Å². The number of anilines is 3. The summed E-state index contributed by atoms with van der Waals surface area (Å²) in [5, 5.41) is 0. The fraction of sp³-hybridized carbons (Fsp3) is 0.296. The first-order valence-electron chi connectivity index (χ1n) is 10.6. The van der Waals surface area contributed by atoms with Gasteiger partial charge >= 0.3 is 5.97 Å². The Kier molecular flexibility index (Phi) is 6.94. The van der Waals surface area contributed by atoms with Gasteiger partial charge in [0.2, 0.25) is 0 Å². The van der Waals surface area contributed by atoms with Crippen LogP contribution in [0.1, 0.15) is 41.2 Å². The number of carbonyl (C=O) groups is 1. The second-order valence-corrected chi connectivity index (χ2v) is 7.86. The first kappa shape index (κ1) is 21.6. The van der Waals surface area contributed by atoms with Crippen molar-refractivity contribution in [2.45, 2.75) is 47.5 Å². The molecule has 0 saturated carbocycles. The van der Waals surface area contributed by atoms with E-state index < -0.39 is 0 Å². The van der Waals surface area contributed by atoms with Crippen molar-refractivity contribution in [3.8, 4) is 0 Å². The molecule has 0 heterocycles. The van der Waals surface area contributed by atoms with Crippen LogP contribution in [0.5, 0.6) is 0 Å². The molecule has 0 radical (unpaired) electrons. The van der Waals surface area contributed by atoms with Crippen LogP contribution in [0.15, 0.2) is 60.7 Å². The van der Waals surface area contributed by atoms with Crippen LogP contribution in [0, 0.1) is 27.7 Å².